The van der Waals surface area contributed by atoms with E-state index in [1.165, 1.54) is 4.90 Å². The Morgan fingerprint density at radius 3 is 2.53 bits per heavy atom. The SMILES string of the molecule is CC[C@H](C)N1C(=O)[C@@H]2[C@H](Cc3ccc(O)cc3)N[C@@]3(C(=O)Nc4ccc(Br)cc43)[C@@H]2C1=O. The average molecular weight is 498 g/mol. The lowest BCUT2D eigenvalue weighted by atomic mass is 9.76. The van der Waals surface area contributed by atoms with Gasteiger partial charge in [-0.3, -0.25) is 24.6 Å². The molecule has 3 heterocycles. The Labute approximate surface area is 194 Å². The summed E-state index contributed by atoms with van der Waals surface area (Å²) >= 11 is 3.48. The number of hydrogen-bond donors (Lipinski definition) is 3. The molecule has 2 fully saturated rings. The van der Waals surface area contributed by atoms with Crippen molar-refractivity contribution >= 4 is 39.3 Å². The second-order valence-corrected chi connectivity index (χ2v) is 9.80. The fourth-order valence-electron chi connectivity index (χ4n) is 5.47. The number of imide groups is 1. The second kappa shape index (κ2) is 7.42. The highest BCUT2D eigenvalue weighted by Gasteiger charge is 2.70. The van der Waals surface area contributed by atoms with Crippen LogP contribution < -0.4 is 10.6 Å². The minimum Gasteiger partial charge on any atom is -0.508 e. The smallest absolute Gasteiger partial charge is 0.250 e. The number of halogens is 1. The Bertz CT molecular complexity index is 1130. The first kappa shape index (κ1) is 21.2. The molecule has 32 heavy (non-hydrogen) atoms. The van der Waals surface area contributed by atoms with Crippen LogP contribution in [-0.4, -0.2) is 39.8 Å². The second-order valence-electron chi connectivity index (χ2n) is 8.88. The summed E-state index contributed by atoms with van der Waals surface area (Å²) in [5, 5.41) is 16.0. The number of nitrogens with one attached hydrogen (secondary N) is 2. The molecule has 7 nitrogen and oxygen atoms in total. The maximum absolute atomic E-state index is 13.7. The quantitative estimate of drug-likeness (QED) is 0.564. The molecular formula is C24H24BrN3O4. The predicted octanol–water partition coefficient (Wildman–Crippen LogP) is 2.92. The van der Waals surface area contributed by atoms with Gasteiger partial charge in [0.15, 0.2) is 0 Å². The highest BCUT2D eigenvalue weighted by Crippen LogP contribution is 2.54. The monoisotopic (exact) mass is 497 g/mol. The van der Waals surface area contributed by atoms with Gasteiger partial charge >= 0.3 is 0 Å². The van der Waals surface area contributed by atoms with E-state index in [1.807, 2.05) is 32.0 Å². The summed E-state index contributed by atoms with van der Waals surface area (Å²) < 4.78 is 0.794. The number of carbonyl (C=O) groups excluding carboxylic acids is 3. The van der Waals surface area contributed by atoms with E-state index in [2.05, 4.69) is 26.6 Å². The van der Waals surface area contributed by atoms with Crippen molar-refractivity contribution in [3.05, 3.63) is 58.1 Å². The molecular weight excluding hydrogens is 474 g/mol. The first-order valence-corrected chi connectivity index (χ1v) is 11.6. The van der Waals surface area contributed by atoms with Crippen molar-refractivity contribution in [3.8, 4) is 5.75 Å². The van der Waals surface area contributed by atoms with Crippen LogP contribution >= 0.6 is 15.9 Å². The van der Waals surface area contributed by atoms with Crippen LogP contribution in [0, 0.1) is 11.8 Å². The molecule has 2 aromatic carbocycles. The topological polar surface area (TPSA) is 98.7 Å². The van der Waals surface area contributed by atoms with Crippen molar-refractivity contribution in [2.24, 2.45) is 11.8 Å². The summed E-state index contributed by atoms with van der Waals surface area (Å²) in [6.45, 7) is 3.81. The highest BCUT2D eigenvalue weighted by atomic mass is 79.9. The molecule has 5 atom stereocenters. The molecule has 3 aliphatic rings. The van der Waals surface area contributed by atoms with Crippen LogP contribution in [0.2, 0.25) is 0 Å². The van der Waals surface area contributed by atoms with Crippen LogP contribution in [0.5, 0.6) is 5.75 Å². The molecule has 0 aliphatic carbocycles. The van der Waals surface area contributed by atoms with Gasteiger partial charge in [0.25, 0.3) is 0 Å². The first-order valence-electron chi connectivity index (χ1n) is 10.8. The molecule has 3 N–H and O–H groups in total. The van der Waals surface area contributed by atoms with Crippen LogP contribution in [0.1, 0.15) is 31.4 Å². The van der Waals surface area contributed by atoms with Crippen molar-refractivity contribution in [2.45, 2.75) is 44.3 Å². The van der Waals surface area contributed by atoms with E-state index in [1.54, 1.807) is 24.3 Å². The number of phenols is 1. The first-order chi connectivity index (χ1) is 15.3. The number of rotatable bonds is 4. The van der Waals surface area contributed by atoms with Crippen molar-refractivity contribution in [3.63, 3.8) is 0 Å². The summed E-state index contributed by atoms with van der Waals surface area (Å²) in [6, 6.07) is 11.6. The Morgan fingerprint density at radius 2 is 1.84 bits per heavy atom. The Hall–Kier alpha value is -2.71. The van der Waals surface area contributed by atoms with E-state index in [9.17, 15) is 19.5 Å². The van der Waals surface area contributed by atoms with Gasteiger partial charge in [-0.15, -0.1) is 0 Å². The van der Waals surface area contributed by atoms with Crippen LogP contribution in [0.3, 0.4) is 0 Å². The Balaban J connectivity index is 1.64. The van der Waals surface area contributed by atoms with E-state index in [4.69, 9.17) is 0 Å². The van der Waals surface area contributed by atoms with Gasteiger partial charge in [0.2, 0.25) is 17.7 Å². The number of hydrogen-bond acceptors (Lipinski definition) is 5. The molecule has 8 heteroatoms. The largest absolute Gasteiger partial charge is 0.508 e. The number of phenolic OH excluding ortho intramolecular Hbond substituents is 1. The number of aromatic hydroxyl groups is 1. The van der Waals surface area contributed by atoms with Gasteiger partial charge in [0.1, 0.15) is 11.3 Å². The average Bonchev–Trinajstić information content (AvgIpc) is 3.34. The van der Waals surface area contributed by atoms with Gasteiger partial charge in [-0.2, -0.15) is 0 Å². The number of carbonyl (C=O) groups is 3. The normalized spacial score (nSPS) is 29.4. The van der Waals surface area contributed by atoms with E-state index in [0.29, 0.717) is 24.1 Å². The lowest BCUT2D eigenvalue weighted by Gasteiger charge is -2.31. The standard InChI is InChI=1S/C24H24BrN3O4/c1-3-12(2)28-21(30)19-18(10-13-4-7-15(29)8-5-13)27-24(20(19)22(28)31)16-11-14(25)6-9-17(16)26-23(24)32/h4-9,11-12,18-20,27,29H,3,10H2,1-2H3,(H,26,32)/t12-,18-,19+,20-,24+/m0/s1. The summed E-state index contributed by atoms with van der Waals surface area (Å²) in [5.74, 6) is -2.13. The van der Waals surface area contributed by atoms with Crippen LogP contribution in [0.25, 0.3) is 0 Å². The number of fused-ring (bicyclic) bond motifs is 4. The maximum atomic E-state index is 13.7. The number of anilines is 1. The number of likely N-dealkylation sites (tertiary alicyclic amines) is 1. The van der Waals surface area contributed by atoms with E-state index in [-0.39, 0.29) is 29.5 Å². The molecule has 5 rings (SSSR count). The van der Waals surface area contributed by atoms with E-state index >= 15 is 0 Å². The summed E-state index contributed by atoms with van der Waals surface area (Å²) in [5.41, 5.74) is 0.941. The fraction of sp³-hybridized carbons (Fsp3) is 0.375. The van der Waals surface area contributed by atoms with Gasteiger partial charge in [-0.1, -0.05) is 35.0 Å². The third-order valence-corrected chi connectivity index (χ3v) is 7.63. The van der Waals surface area contributed by atoms with Crippen molar-refractivity contribution in [1.29, 1.82) is 0 Å². The van der Waals surface area contributed by atoms with Gasteiger partial charge in [-0.05, 0) is 55.7 Å². The molecule has 166 valence electrons. The maximum Gasteiger partial charge on any atom is 0.250 e. The summed E-state index contributed by atoms with van der Waals surface area (Å²) in [6.07, 6.45) is 1.10. The summed E-state index contributed by atoms with van der Waals surface area (Å²) in [4.78, 5) is 42.1. The third kappa shape index (κ3) is 2.85. The minimum absolute atomic E-state index is 0.159. The zero-order valence-corrected chi connectivity index (χ0v) is 19.3. The van der Waals surface area contributed by atoms with E-state index < -0.39 is 23.4 Å². The minimum atomic E-state index is -1.31. The number of benzene rings is 2. The molecule has 0 saturated carbocycles. The van der Waals surface area contributed by atoms with Crippen molar-refractivity contribution in [1.82, 2.24) is 10.2 Å². The fourth-order valence-corrected chi connectivity index (χ4v) is 5.84. The zero-order valence-electron chi connectivity index (χ0n) is 17.8. The Kier molecular flexibility index (Phi) is 4.90. The third-order valence-electron chi connectivity index (χ3n) is 7.13. The predicted molar refractivity (Wildman–Crippen MR) is 122 cm³/mol. The molecule has 2 aromatic rings. The highest BCUT2D eigenvalue weighted by molar-refractivity contribution is 9.10. The van der Waals surface area contributed by atoms with Gasteiger partial charge in [0, 0.05) is 27.8 Å². The summed E-state index contributed by atoms with van der Waals surface area (Å²) in [7, 11) is 0. The van der Waals surface area contributed by atoms with Crippen molar-refractivity contribution < 1.29 is 19.5 Å². The Morgan fingerprint density at radius 1 is 1.12 bits per heavy atom. The zero-order chi connectivity index (χ0) is 22.8. The van der Waals surface area contributed by atoms with Gasteiger partial charge in [-0.25, -0.2) is 0 Å². The van der Waals surface area contributed by atoms with Crippen LogP contribution in [-0.2, 0) is 26.3 Å². The van der Waals surface area contributed by atoms with E-state index in [0.717, 1.165) is 10.0 Å². The lowest BCUT2D eigenvalue weighted by molar-refractivity contribution is -0.145. The molecule has 3 aliphatic heterocycles. The van der Waals surface area contributed by atoms with Gasteiger partial charge in [0.05, 0.1) is 11.8 Å². The molecule has 3 amide bonds. The van der Waals surface area contributed by atoms with Crippen LogP contribution in [0.4, 0.5) is 5.69 Å². The van der Waals surface area contributed by atoms with Crippen LogP contribution in [0.15, 0.2) is 46.9 Å². The molecule has 2 saturated heterocycles. The van der Waals surface area contributed by atoms with Gasteiger partial charge < -0.3 is 10.4 Å². The lowest BCUT2D eigenvalue weighted by Crippen LogP contribution is -2.54. The number of nitrogens with zero attached hydrogens (tertiary/aromatic N) is 1. The molecule has 0 bridgehead atoms. The molecule has 1 spiro atoms. The van der Waals surface area contributed by atoms with Crippen molar-refractivity contribution in [2.75, 3.05) is 5.32 Å². The molecule has 0 unspecified atom stereocenters. The number of amides is 3. The molecule has 0 aromatic heterocycles. The molecule has 0 radical (unpaired) electrons.